The number of quaternary nitrogens is 1. The molecule has 1 saturated heterocycles. The van der Waals surface area contributed by atoms with Crippen molar-refractivity contribution in [2.75, 3.05) is 26.7 Å². The van der Waals surface area contributed by atoms with Crippen LogP contribution in [0.3, 0.4) is 0 Å². The minimum Gasteiger partial charge on any atom is -0.325 e. The van der Waals surface area contributed by atoms with Crippen molar-refractivity contribution in [1.82, 2.24) is 0 Å². The third-order valence-electron chi connectivity index (χ3n) is 4.37. The van der Waals surface area contributed by atoms with Crippen LogP contribution in [0.4, 0.5) is 0 Å². The molecule has 14 heavy (non-hydrogen) atoms. The molecule has 82 valence electrons. The molecule has 0 N–H and O–H groups in total. The van der Waals surface area contributed by atoms with E-state index in [0.717, 1.165) is 11.3 Å². The number of likely N-dealkylation sites (tertiary alicyclic amines) is 1. The average Bonchev–Trinajstić information content (AvgIpc) is 2.60. The lowest BCUT2D eigenvalue weighted by Crippen LogP contribution is -2.45. The fraction of sp³-hybridized carbons (Fsp3) is 1.00. The lowest BCUT2D eigenvalue weighted by atomic mass is 9.85. The molecule has 2 rings (SSSR count). The van der Waals surface area contributed by atoms with E-state index in [1.807, 2.05) is 0 Å². The summed E-state index contributed by atoms with van der Waals surface area (Å²) in [5.74, 6) is 0.858. The smallest absolute Gasteiger partial charge is 0.0843 e. The Morgan fingerprint density at radius 1 is 1.14 bits per heavy atom. The minimum absolute atomic E-state index is 0.781. The second-order valence-corrected chi connectivity index (χ2v) is 6.53. The van der Waals surface area contributed by atoms with Crippen molar-refractivity contribution in [1.29, 1.82) is 0 Å². The molecule has 0 radical (unpaired) electrons. The van der Waals surface area contributed by atoms with Gasteiger partial charge in [-0.3, -0.25) is 0 Å². The summed E-state index contributed by atoms with van der Waals surface area (Å²) in [6.45, 7) is 9.04. The van der Waals surface area contributed by atoms with Gasteiger partial charge in [0.15, 0.2) is 0 Å². The largest absolute Gasteiger partial charge is 0.325 e. The van der Waals surface area contributed by atoms with E-state index in [1.165, 1.54) is 56.2 Å². The standard InChI is InChI=1S/C13H26N/c1-12(2)10-14(3)9-8-13(11-14)6-4-5-7-13/h12H,4-11H2,1-3H3/q+1. The number of rotatable bonds is 2. The van der Waals surface area contributed by atoms with E-state index in [9.17, 15) is 0 Å². The molecule has 1 heteroatoms. The maximum absolute atomic E-state index is 2.48. The lowest BCUT2D eigenvalue weighted by molar-refractivity contribution is -0.903. The highest BCUT2D eigenvalue weighted by molar-refractivity contribution is 4.88. The summed E-state index contributed by atoms with van der Waals surface area (Å²) in [5, 5.41) is 0. The molecule has 1 spiro atoms. The van der Waals surface area contributed by atoms with E-state index in [1.54, 1.807) is 0 Å². The van der Waals surface area contributed by atoms with Crippen molar-refractivity contribution in [3.05, 3.63) is 0 Å². The highest BCUT2D eigenvalue weighted by atomic mass is 15.4. The molecule has 1 saturated carbocycles. The van der Waals surface area contributed by atoms with E-state index >= 15 is 0 Å². The van der Waals surface area contributed by atoms with Crippen LogP contribution in [0.2, 0.25) is 0 Å². The van der Waals surface area contributed by atoms with E-state index in [0.29, 0.717) is 0 Å². The monoisotopic (exact) mass is 196 g/mol. The molecular formula is C13H26N+. The molecule has 1 nitrogen and oxygen atoms in total. The predicted molar refractivity (Wildman–Crippen MR) is 61.1 cm³/mol. The Balaban J connectivity index is 1.98. The third kappa shape index (κ3) is 1.98. The Morgan fingerprint density at radius 2 is 1.79 bits per heavy atom. The highest BCUT2D eigenvalue weighted by Crippen LogP contribution is 2.47. The highest BCUT2D eigenvalue weighted by Gasteiger charge is 2.47. The molecule has 1 aliphatic carbocycles. The van der Waals surface area contributed by atoms with Crippen LogP contribution in [0.5, 0.6) is 0 Å². The van der Waals surface area contributed by atoms with Crippen LogP contribution in [0, 0.1) is 11.3 Å². The van der Waals surface area contributed by atoms with Gasteiger partial charge >= 0.3 is 0 Å². The van der Waals surface area contributed by atoms with Crippen LogP contribution in [0.1, 0.15) is 46.0 Å². The maximum atomic E-state index is 2.48. The van der Waals surface area contributed by atoms with Gasteiger partial charge < -0.3 is 4.48 Å². The van der Waals surface area contributed by atoms with Gasteiger partial charge in [-0.2, -0.15) is 0 Å². The van der Waals surface area contributed by atoms with Crippen LogP contribution >= 0.6 is 0 Å². The number of hydrogen-bond acceptors (Lipinski definition) is 0. The van der Waals surface area contributed by atoms with Gasteiger partial charge in [-0.1, -0.05) is 26.7 Å². The Kier molecular flexibility index (Phi) is 2.63. The number of nitrogens with zero attached hydrogens (tertiary/aromatic N) is 1. The Hall–Kier alpha value is -0.0400. The van der Waals surface area contributed by atoms with Gasteiger partial charge in [0.2, 0.25) is 0 Å². The van der Waals surface area contributed by atoms with Gasteiger partial charge in [0.1, 0.15) is 0 Å². The Morgan fingerprint density at radius 3 is 2.36 bits per heavy atom. The summed E-state index contributed by atoms with van der Waals surface area (Å²) in [6, 6.07) is 0. The summed E-state index contributed by atoms with van der Waals surface area (Å²) in [6.07, 6.45) is 7.57. The second kappa shape index (κ2) is 3.52. The molecule has 0 aromatic heterocycles. The van der Waals surface area contributed by atoms with Crippen LogP contribution in [0.15, 0.2) is 0 Å². The minimum atomic E-state index is 0.781. The zero-order valence-corrected chi connectivity index (χ0v) is 10.2. The lowest BCUT2D eigenvalue weighted by Gasteiger charge is -2.33. The molecule has 0 bridgehead atoms. The van der Waals surface area contributed by atoms with Crippen molar-refractivity contribution in [2.24, 2.45) is 11.3 Å². The summed E-state index contributed by atoms with van der Waals surface area (Å²) in [4.78, 5) is 0. The van der Waals surface area contributed by atoms with E-state index in [2.05, 4.69) is 20.9 Å². The predicted octanol–water partition coefficient (Wildman–Crippen LogP) is 3.05. The normalized spacial score (nSPS) is 36.0. The van der Waals surface area contributed by atoms with Crippen molar-refractivity contribution >= 4 is 0 Å². The molecule has 1 aliphatic heterocycles. The fourth-order valence-corrected chi connectivity index (χ4v) is 4.05. The summed E-state index contributed by atoms with van der Waals surface area (Å²) < 4.78 is 1.36. The maximum Gasteiger partial charge on any atom is 0.0843 e. The molecule has 0 aromatic carbocycles. The van der Waals surface area contributed by atoms with Crippen LogP contribution < -0.4 is 0 Å². The summed E-state index contributed by atoms with van der Waals surface area (Å²) in [5.41, 5.74) is 0.781. The zero-order valence-electron chi connectivity index (χ0n) is 10.2. The second-order valence-electron chi connectivity index (χ2n) is 6.53. The van der Waals surface area contributed by atoms with Gasteiger partial charge in [-0.05, 0) is 12.8 Å². The topological polar surface area (TPSA) is 0 Å². The Labute approximate surface area is 89.1 Å². The Bertz CT molecular complexity index is 203. The van der Waals surface area contributed by atoms with E-state index in [4.69, 9.17) is 0 Å². The van der Waals surface area contributed by atoms with Gasteiger partial charge in [-0.15, -0.1) is 0 Å². The molecule has 1 unspecified atom stereocenters. The fourth-order valence-electron chi connectivity index (χ4n) is 4.05. The van der Waals surface area contributed by atoms with Gasteiger partial charge in [0.05, 0.1) is 26.7 Å². The zero-order chi connectivity index (χ0) is 10.2. The average molecular weight is 196 g/mol. The van der Waals surface area contributed by atoms with Crippen LogP contribution in [-0.2, 0) is 0 Å². The number of hydrogen-bond donors (Lipinski definition) is 0. The van der Waals surface area contributed by atoms with Crippen LogP contribution in [-0.4, -0.2) is 31.2 Å². The molecular weight excluding hydrogens is 170 g/mol. The van der Waals surface area contributed by atoms with Crippen molar-refractivity contribution in [2.45, 2.75) is 46.0 Å². The first-order valence-corrected chi connectivity index (χ1v) is 6.37. The van der Waals surface area contributed by atoms with Crippen molar-refractivity contribution < 1.29 is 4.48 Å². The van der Waals surface area contributed by atoms with Gasteiger partial charge in [0.25, 0.3) is 0 Å². The summed E-state index contributed by atoms with van der Waals surface area (Å²) >= 11 is 0. The quantitative estimate of drug-likeness (QED) is 0.596. The van der Waals surface area contributed by atoms with Crippen molar-refractivity contribution in [3.63, 3.8) is 0 Å². The molecule has 2 fully saturated rings. The molecule has 0 aromatic rings. The molecule has 2 aliphatic rings. The van der Waals surface area contributed by atoms with Gasteiger partial charge in [-0.25, -0.2) is 0 Å². The molecule has 1 atom stereocenters. The SMILES string of the molecule is CC(C)C[N+]1(C)CCC2(CCCC2)C1. The first-order valence-electron chi connectivity index (χ1n) is 6.37. The van der Waals surface area contributed by atoms with Crippen molar-refractivity contribution in [3.8, 4) is 0 Å². The first-order chi connectivity index (χ1) is 6.54. The van der Waals surface area contributed by atoms with E-state index in [-0.39, 0.29) is 0 Å². The summed E-state index contributed by atoms with van der Waals surface area (Å²) in [7, 11) is 2.48. The van der Waals surface area contributed by atoms with Gasteiger partial charge in [0, 0.05) is 17.8 Å². The van der Waals surface area contributed by atoms with E-state index < -0.39 is 0 Å². The molecule has 0 amide bonds. The first kappa shape index (κ1) is 10.5. The molecule has 1 heterocycles. The third-order valence-corrected chi connectivity index (χ3v) is 4.37. The van der Waals surface area contributed by atoms with Crippen LogP contribution in [0.25, 0.3) is 0 Å².